The lowest BCUT2D eigenvalue weighted by molar-refractivity contribution is 0.0785. The molecule has 2 unspecified atom stereocenters. The van der Waals surface area contributed by atoms with E-state index in [1.165, 1.54) is 12.1 Å². The average molecular weight is 452 g/mol. The van der Waals surface area contributed by atoms with Crippen molar-refractivity contribution < 1.29 is 22.4 Å². The number of benzene rings is 3. The Labute approximate surface area is 187 Å². The molecule has 2 atom stereocenters. The summed E-state index contributed by atoms with van der Waals surface area (Å²) in [6.07, 6.45) is 0.738. The summed E-state index contributed by atoms with van der Waals surface area (Å²) < 4.78 is 37.9. The molecule has 0 aliphatic heterocycles. The van der Waals surface area contributed by atoms with Gasteiger partial charge in [-0.25, -0.2) is 0 Å². The highest BCUT2D eigenvalue weighted by Gasteiger charge is 2.27. The number of hydrogen-bond acceptors (Lipinski definition) is 5. The van der Waals surface area contributed by atoms with Crippen LogP contribution in [0.4, 0.5) is 0 Å². The van der Waals surface area contributed by atoms with E-state index < -0.39 is 22.3 Å². The Morgan fingerprint density at radius 1 is 0.938 bits per heavy atom. The van der Waals surface area contributed by atoms with Crippen LogP contribution in [0.1, 0.15) is 17.2 Å². The minimum Gasteiger partial charge on any atom is -0.496 e. The highest BCUT2D eigenvalue weighted by atomic mass is 32.2. The monoisotopic (exact) mass is 451 g/mol. The van der Waals surface area contributed by atoms with E-state index in [1.807, 2.05) is 72.3 Å². The summed E-state index contributed by atoms with van der Waals surface area (Å²) in [5.41, 5.74) is 2.64. The number of aromatic nitrogens is 1. The topological polar surface area (TPSA) is 77.8 Å². The van der Waals surface area contributed by atoms with Gasteiger partial charge in [-0.3, -0.25) is 4.18 Å². The number of nitrogens with zero attached hydrogens (tertiary/aromatic N) is 1. The van der Waals surface area contributed by atoms with Gasteiger partial charge in [0.25, 0.3) is 10.1 Å². The van der Waals surface area contributed by atoms with Crippen molar-refractivity contribution in [2.45, 2.75) is 24.0 Å². The van der Waals surface area contributed by atoms with Gasteiger partial charge in [0.05, 0.1) is 30.2 Å². The van der Waals surface area contributed by atoms with E-state index in [0.717, 1.165) is 27.8 Å². The summed E-state index contributed by atoms with van der Waals surface area (Å²) >= 11 is 0. The maximum absolute atomic E-state index is 12.6. The smallest absolute Gasteiger partial charge is 0.297 e. The third kappa shape index (κ3) is 4.41. The summed E-state index contributed by atoms with van der Waals surface area (Å²) in [6.45, 7) is 1.49. The molecule has 1 heterocycles. The minimum atomic E-state index is -4.00. The van der Waals surface area contributed by atoms with E-state index >= 15 is 0 Å². The maximum atomic E-state index is 12.6. The van der Waals surface area contributed by atoms with Gasteiger partial charge in [-0.05, 0) is 42.8 Å². The zero-order valence-corrected chi connectivity index (χ0v) is 18.7. The first-order valence-electron chi connectivity index (χ1n) is 10.2. The fraction of sp³-hybridized carbons (Fsp3) is 0.200. The van der Waals surface area contributed by atoms with Crippen LogP contribution in [0.5, 0.6) is 5.75 Å². The van der Waals surface area contributed by atoms with Crippen LogP contribution in [-0.4, -0.2) is 37.9 Å². The molecule has 3 aromatic carbocycles. The molecule has 6 nitrogen and oxygen atoms in total. The minimum absolute atomic E-state index is 0.0581. The van der Waals surface area contributed by atoms with Crippen molar-refractivity contribution in [1.82, 2.24) is 4.57 Å². The van der Waals surface area contributed by atoms with Crippen molar-refractivity contribution in [2.24, 2.45) is 0 Å². The van der Waals surface area contributed by atoms with Crippen LogP contribution in [0.3, 0.4) is 0 Å². The quantitative estimate of drug-likeness (QED) is 0.404. The Kier molecular flexibility index (Phi) is 6.32. The molecule has 0 aliphatic carbocycles. The van der Waals surface area contributed by atoms with Crippen LogP contribution in [-0.2, 0) is 14.3 Å². The third-order valence-electron chi connectivity index (χ3n) is 5.45. The van der Waals surface area contributed by atoms with Gasteiger partial charge in [0.2, 0.25) is 0 Å². The van der Waals surface area contributed by atoms with Gasteiger partial charge >= 0.3 is 0 Å². The molecule has 4 rings (SSSR count). The predicted octanol–water partition coefficient (Wildman–Crippen LogP) is 4.31. The summed E-state index contributed by atoms with van der Waals surface area (Å²) in [6, 6.07) is 22.9. The lowest BCUT2D eigenvalue weighted by Gasteiger charge is -2.26. The van der Waals surface area contributed by atoms with Crippen LogP contribution >= 0.6 is 0 Å². The second-order valence-corrected chi connectivity index (χ2v) is 9.21. The van der Waals surface area contributed by atoms with E-state index in [0.29, 0.717) is 0 Å². The number of ether oxygens (including phenoxy) is 1. The lowest BCUT2D eigenvalue weighted by atomic mass is 10.0. The lowest BCUT2D eigenvalue weighted by Crippen LogP contribution is -2.30. The number of hydrogen-bond donors (Lipinski definition) is 1. The molecule has 4 aromatic rings. The van der Waals surface area contributed by atoms with E-state index in [2.05, 4.69) is 0 Å². The summed E-state index contributed by atoms with van der Waals surface area (Å²) in [5.74, 6) is 0.723. The van der Waals surface area contributed by atoms with Gasteiger partial charge in [-0.1, -0.05) is 54.1 Å². The summed E-state index contributed by atoms with van der Waals surface area (Å²) in [5, 5.41) is 12.0. The first-order valence-corrected chi connectivity index (χ1v) is 11.6. The van der Waals surface area contributed by atoms with Crippen LogP contribution in [0.15, 0.2) is 90.0 Å². The molecule has 1 aromatic heterocycles. The molecule has 32 heavy (non-hydrogen) atoms. The molecular weight excluding hydrogens is 426 g/mol. The van der Waals surface area contributed by atoms with Crippen molar-refractivity contribution in [3.05, 3.63) is 96.2 Å². The molecule has 0 fully saturated rings. The van der Waals surface area contributed by atoms with Crippen molar-refractivity contribution in [3.8, 4) is 5.75 Å². The van der Waals surface area contributed by atoms with Gasteiger partial charge in [0.1, 0.15) is 11.9 Å². The largest absolute Gasteiger partial charge is 0.496 e. The van der Waals surface area contributed by atoms with Crippen LogP contribution < -0.4 is 4.74 Å². The number of fused-ring (bicyclic) bond motifs is 1. The SMILES string of the molecule is COc1cccc2c1ccn2C(c1ccccc1)C(O)COS(=O)(=O)c1ccc(C)cc1. The van der Waals surface area contributed by atoms with Crippen molar-refractivity contribution >= 4 is 21.0 Å². The fourth-order valence-electron chi connectivity index (χ4n) is 3.82. The second-order valence-electron chi connectivity index (χ2n) is 7.59. The molecule has 1 N–H and O–H groups in total. The Balaban J connectivity index is 1.67. The Bertz CT molecular complexity index is 1300. The van der Waals surface area contributed by atoms with E-state index in [-0.39, 0.29) is 11.5 Å². The normalized spacial score (nSPS) is 13.7. The number of aliphatic hydroxyl groups excluding tert-OH is 1. The van der Waals surface area contributed by atoms with Gasteiger partial charge in [0.15, 0.2) is 0 Å². The number of aliphatic hydroxyl groups is 1. The number of methoxy groups -OCH3 is 1. The molecule has 0 spiro atoms. The van der Waals surface area contributed by atoms with Crippen LogP contribution in [0.25, 0.3) is 10.9 Å². The summed E-state index contributed by atoms with van der Waals surface area (Å²) in [4.78, 5) is 0.0581. The molecule has 0 saturated carbocycles. The Morgan fingerprint density at radius 2 is 1.66 bits per heavy atom. The van der Waals surface area contributed by atoms with Crippen molar-refractivity contribution in [3.63, 3.8) is 0 Å². The Morgan fingerprint density at radius 3 is 2.34 bits per heavy atom. The first-order chi connectivity index (χ1) is 15.4. The standard InChI is InChI=1S/C25H25NO5S/c1-18-11-13-20(14-12-18)32(28,29)31-17-23(27)25(19-7-4-3-5-8-19)26-16-15-21-22(26)9-6-10-24(21)30-2/h3-16,23,25,27H,17H2,1-2H3. The van der Waals surface area contributed by atoms with Gasteiger partial charge in [0, 0.05) is 11.6 Å². The van der Waals surface area contributed by atoms with E-state index in [4.69, 9.17) is 8.92 Å². The fourth-order valence-corrected chi connectivity index (χ4v) is 4.75. The molecule has 0 aliphatic rings. The zero-order chi connectivity index (χ0) is 22.7. The molecule has 0 radical (unpaired) electrons. The van der Waals surface area contributed by atoms with Gasteiger partial charge in [-0.15, -0.1) is 0 Å². The maximum Gasteiger partial charge on any atom is 0.297 e. The van der Waals surface area contributed by atoms with Crippen LogP contribution in [0.2, 0.25) is 0 Å². The second kappa shape index (κ2) is 9.16. The van der Waals surface area contributed by atoms with Crippen LogP contribution in [0, 0.1) is 6.92 Å². The van der Waals surface area contributed by atoms with Crippen molar-refractivity contribution in [1.29, 1.82) is 0 Å². The zero-order valence-electron chi connectivity index (χ0n) is 17.9. The number of rotatable bonds is 8. The third-order valence-corrected chi connectivity index (χ3v) is 6.75. The molecule has 7 heteroatoms. The van der Waals surface area contributed by atoms with Gasteiger partial charge in [-0.2, -0.15) is 8.42 Å². The molecule has 0 amide bonds. The highest BCUT2D eigenvalue weighted by Crippen LogP contribution is 2.32. The number of aryl methyl sites for hydroxylation is 1. The van der Waals surface area contributed by atoms with Crippen molar-refractivity contribution in [2.75, 3.05) is 13.7 Å². The average Bonchev–Trinajstić information content (AvgIpc) is 3.23. The summed E-state index contributed by atoms with van der Waals surface area (Å²) in [7, 11) is -2.39. The first kappa shape index (κ1) is 22.1. The molecule has 0 bridgehead atoms. The predicted molar refractivity (Wildman–Crippen MR) is 123 cm³/mol. The Hall–Kier alpha value is -3.13. The highest BCUT2D eigenvalue weighted by molar-refractivity contribution is 7.86. The van der Waals surface area contributed by atoms with E-state index in [9.17, 15) is 13.5 Å². The van der Waals surface area contributed by atoms with E-state index in [1.54, 1.807) is 19.2 Å². The molecule has 166 valence electrons. The van der Waals surface area contributed by atoms with Gasteiger partial charge < -0.3 is 14.4 Å². The molecule has 0 saturated heterocycles. The molecular formula is C25H25NO5S.